The minimum Gasteiger partial charge on any atom is -0.508 e. The second-order valence-corrected chi connectivity index (χ2v) is 11.8. The summed E-state index contributed by atoms with van der Waals surface area (Å²) in [6.07, 6.45) is 3.92. The number of benzene rings is 1. The van der Waals surface area contributed by atoms with Crippen LogP contribution >= 0.6 is 34.4 Å². The van der Waals surface area contributed by atoms with Gasteiger partial charge in [0.25, 0.3) is 0 Å². The van der Waals surface area contributed by atoms with Crippen LogP contribution in [0.2, 0.25) is 0 Å². The molecule has 5 nitrogen and oxygen atoms in total. The van der Waals surface area contributed by atoms with Crippen LogP contribution in [-0.4, -0.2) is 20.8 Å². The molecule has 160 valence electrons. The fourth-order valence-electron chi connectivity index (χ4n) is 5.76. The Balaban J connectivity index is 1.34. The summed E-state index contributed by atoms with van der Waals surface area (Å²) in [5, 5.41) is 15.9. The third-order valence-electron chi connectivity index (χ3n) is 6.99. The Kier molecular flexibility index (Phi) is 4.77. The maximum atomic E-state index is 13.0. The van der Waals surface area contributed by atoms with Crippen LogP contribution in [0.25, 0.3) is 0 Å². The highest BCUT2D eigenvalue weighted by molar-refractivity contribution is 8.00. The van der Waals surface area contributed by atoms with Gasteiger partial charge in [-0.25, -0.2) is 0 Å². The van der Waals surface area contributed by atoms with Gasteiger partial charge in [0.2, 0.25) is 5.91 Å². The van der Waals surface area contributed by atoms with E-state index in [0.29, 0.717) is 16.9 Å². The Morgan fingerprint density at radius 2 is 1.97 bits per heavy atom. The van der Waals surface area contributed by atoms with E-state index in [1.165, 1.54) is 47.6 Å². The number of aromatic nitrogens is 1. The van der Waals surface area contributed by atoms with E-state index in [9.17, 15) is 14.7 Å². The summed E-state index contributed by atoms with van der Waals surface area (Å²) in [4.78, 5) is 28.2. The first kappa shape index (κ1) is 19.6. The molecule has 2 bridgehead atoms. The van der Waals surface area contributed by atoms with Crippen molar-refractivity contribution in [2.75, 3.05) is 5.32 Å². The molecule has 1 aromatic carbocycles. The predicted octanol–water partition coefficient (Wildman–Crippen LogP) is 4.97. The zero-order valence-electron chi connectivity index (χ0n) is 16.7. The fraction of sp³-hybridized carbons (Fsp3) is 0.391. The Morgan fingerprint density at radius 1 is 1.16 bits per heavy atom. The number of thiophene rings is 1. The van der Waals surface area contributed by atoms with Crippen molar-refractivity contribution in [3.63, 3.8) is 0 Å². The van der Waals surface area contributed by atoms with Crippen LogP contribution in [0.3, 0.4) is 0 Å². The van der Waals surface area contributed by atoms with Crippen LogP contribution in [0, 0.1) is 17.8 Å². The quantitative estimate of drug-likeness (QED) is 0.528. The molecule has 3 aliphatic rings. The van der Waals surface area contributed by atoms with E-state index < -0.39 is 0 Å². The number of carbonyl (C=O) groups excluding carboxylic acids is 1. The first-order valence-corrected chi connectivity index (χ1v) is 13.2. The summed E-state index contributed by atoms with van der Waals surface area (Å²) in [6.45, 7) is 0.0151. The molecule has 3 aromatic rings. The molecule has 3 heterocycles. The molecule has 2 N–H and O–H groups in total. The normalized spacial score (nSPS) is 28.3. The van der Waals surface area contributed by atoms with Crippen molar-refractivity contribution in [3.05, 3.63) is 61.2 Å². The van der Waals surface area contributed by atoms with Gasteiger partial charge in [-0.2, -0.15) is 0 Å². The number of aromatic hydroxyl groups is 1. The van der Waals surface area contributed by atoms with Crippen LogP contribution in [0.4, 0.5) is 5.69 Å². The Morgan fingerprint density at radius 3 is 2.74 bits per heavy atom. The van der Waals surface area contributed by atoms with E-state index >= 15 is 0 Å². The summed E-state index contributed by atoms with van der Waals surface area (Å²) in [5.74, 6) is 2.30. The third kappa shape index (κ3) is 3.27. The molecule has 6 rings (SSSR count). The summed E-state index contributed by atoms with van der Waals surface area (Å²) in [7, 11) is 0. The molecule has 2 aromatic heterocycles. The monoisotopic (exact) mass is 470 g/mol. The minimum absolute atomic E-state index is 0.0151. The number of hydrogen-bond donors (Lipinski definition) is 2. The van der Waals surface area contributed by atoms with Crippen molar-refractivity contribution >= 4 is 46.0 Å². The van der Waals surface area contributed by atoms with Crippen LogP contribution in [0.15, 0.2) is 51.6 Å². The highest BCUT2D eigenvalue weighted by Crippen LogP contribution is 2.64. The van der Waals surface area contributed by atoms with Crippen molar-refractivity contribution in [1.82, 2.24) is 4.57 Å². The van der Waals surface area contributed by atoms with Gasteiger partial charge in [0.15, 0.2) is 0 Å². The van der Waals surface area contributed by atoms with Gasteiger partial charge in [0, 0.05) is 26.6 Å². The van der Waals surface area contributed by atoms with E-state index in [2.05, 4.69) is 22.8 Å². The molecular weight excluding hydrogens is 448 g/mol. The van der Waals surface area contributed by atoms with Crippen molar-refractivity contribution in [3.8, 4) is 5.75 Å². The summed E-state index contributed by atoms with van der Waals surface area (Å²) in [5.41, 5.74) is 0.609. The lowest BCUT2D eigenvalue weighted by atomic mass is 9.77. The van der Waals surface area contributed by atoms with Crippen LogP contribution in [-0.2, 0) is 11.3 Å². The average molecular weight is 471 g/mol. The zero-order chi connectivity index (χ0) is 21.1. The van der Waals surface area contributed by atoms with Gasteiger partial charge in [-0.05, 0) is 72.7 Å². The standard InChI is InChI=1S/C23H22N2O3S3/c26-15-7-5-14(6-8-15)24-17(27)11-25-22-21(31-23(25)28)19(16-2-1-9-29-16)18-12-3-4-13(10-12)20(18)30-22/h1-2,5-9,12-13,18-20,26H,3-4,10-11H2,(H,24,27)/t12?,13?,18?,19-,20?/m1/s1. The number of rotatable bonds is 4. The van der Waals surface area contributed by atoms with Gasteiger partial charge in [0.05, 0.1) is 5.03 Å². The molecule has 4 unspecified atom stereocenters. The molecule has 0 spiro atoms. The molecule has 0 saturated heterocycles. The van der Waals surface area contributed by atoms with Gasteiger partial charge in [-0.1, -0.05) is 17.4 Å². The first-order chi connectivity index (χ1) is 15.1. The summed E-state index contributed by atoms with van der Waals surface area (Å²) >= 11 is 4.97. The lowest BCUT2D eigenvalue weighted by Crippen LogP contribution is -2.34. The molecular formula is C23H22N2O3S3. The van der Waals surface area contributed by atoms with Crippen LogP contribution in [0.1, 0.15) is 34.9 Å². The fourth-order valence-corrected chi connectivity index (χ4v) is 9.87. The Labute approximate surface area is 192 Å². The van der Waals surface area contributed by atoms with E-state index in [0.717, 1.165) is 21.7 Å². The lowest BCUT2D eigenvalue weighted by molar-refractivity contribution is -0.116. The number of carbonyl (C=O) groups is 1. The van der Waals surface area contributed by atoms with Gasteiger partial charge in [-0.3, -0.25) is 14.2 Å². The summed E-state index contributed by atoms with van der Waals surface area (Å²) in [6, 6.07) is 10.7. The number of fused-ring (bicyclic) bond motifs is 6. The first-order valence-electron chi connectivity index (χ1n) is 10.6. The molecule has 1 amide bonds. The smallest absolute Gasteiger partial charge is 0.308 e. The molecule has 0 radical (unpaired) electrons. The number of amides is 1. The predicted molar refractivity (Wildman–Crippen MR) is 125 cm³/mol. The van der Waals surface area contributed by atoms with E-state index in [1.54, 1.807) is 28.0 Å². The Hall–Kier alpha value is -2.03. The maximum Gasteiger partial charge on any atom is 0.308 e. The Bertz CT molecular complexity index is 1180. The average Bonchev–Trinajstić information content (AvgIpc) is 3.54. The number of anilines is 1. The summed E-state index contributed by atoms with van der Waals surface area (Å²) < 4.78 is 1.68. The van der Waals surface area contributed by atoms with Crippen molar-refractivity contribution in [2.24, 2.45) is 17.8 Å². The molecule has 5 atom stereocenters. The van der Waals surface area contributed by atoms with Gasteiger partial charge in [0.1, 0.15) is 12.3 Å². The van der Waals surface area contributed by atoms with Crippen molar-refractivity contribution < 1.29 is 9.90 Å². The number of phenolic OH excluding ortho intramolecular Hbond substituents is 1. The molecule has 2 saturated carbocycles. The molecule has 31 heavy (non-hydrogen) atoms. The molecule has 8 heteroatoms. The molecule has 2 fully saturated rings. The second kappa shape index (κ2) is 7.53. The minimum atomic E-state index is -0.225. The van der Waals surface area contributed by atoms with Gasteiger partial charge >= 0.3 is 4.87 Å². The van der Waals surface area contributed by atoms with Gasteiger partial charge in [-0.15, -0.1) is 23.1 Å². The number of nitrogens with zero attached hydrogens (tertiary/aromatic N) is 1. The van der Waals surface area contributed by atoms with Gasteiger partial charge < -0.3 is 10.4 Å². The highest BCUT2D eigenvalue weighted by Gasteiger charge is 2.55. The number of hydrogen-bond acceptors (Lipinski definition) is 6. The zero-order valence-corrected chi connectivity index (χ0v) is 19.1. The molecule has 1 aliphatic heterocycles. The SMILES string of the molecule is O=C(Cn1c2c(sc1=O)[C@H](c1cccs1)C1C3CCC(C3)C1S2)Nc1ccc(O)cc1. The number of thiazole rings is 1. The second-order valence-electron chi connectivity index (χ2n) is 8.70. The number of thioether (sulfide) groups is 1. The van der Waals surface area contributed by atoms with Crippen LogP contribution < -0.4 is 10.2 Å². The lowest BCUT2D eigenvalue weighted by Gasteiger charge is -2.40. The highest BCUT2D eigenvalue weighted by atomic mass is 32.2. The van der Waals surface area contributed by atoms with Crippen molar-refractivity contribution in [2.45, 2.75) is 42.0 Å². The van der Waals surface area contributed by atoms with E-state index in [-0.39, 0.29) is 29.0 Å². The number of nitrogens with one attached hydrogen (secondary N) is 1. The maximum absolute atomic E-state index is 13.0. The van der Waals surface area contributed by atoms with E-state index in [1.807, 2.05) is 11.8 Å². The third-order valence-corrected chi connectivity index (χ3v) is 10.8. The number of phenols is 1. The topological polar surface area (TPSA) is 71.3 Å². The molecule has 2 aliphatic carbocycles. The largest absolute Gasteiger partial charge is 0.508 e. The van der Waals surface area contributed by atoms with Crippen molar-refractivity contribution in [1.29, 1.82) is 0 Å². The van der Waals surface area contributed by atoms with E-state index in [4.69, 9.17) is 0 Å². The van der Waals surface area contributed by atoms with Crippen LogP contribution in [0.5, 0.6) is 5.75 Å².